The van der Waals surface area contributed by atoms with Gasteiger partial charge in [0.2, 0.25) is 29.3 Å². The van der Waals surface area contributed by atoms with Gasteiger partial charge in [0.15, 0.2) is 0 Å². The number of Topliss-reactive ketones (excluding diaryl/α,β-unsaturated/α-hetero) is 2. The van der Waals surface area contributed by atoms with Crippen LogP contribution in [-0.2, 0) is 36.9 Å². The number of hydrogen-bond donors (Lipinski definition) is 2. The molecule has 2 heterocycles. The molecule has 1 aliphatic heterocycles. The summed E-state index contributed by atoms with van der Waals surface area (Å²) in [6.45, 7) is 1.39. The fraction of sp³-hybridized carbons (Fsp3) is 0.321. The van der Waals surface area contributed by atoms with Crippen molar-refractivity contribution in [1.82, 2.24) is 20.1 Å². The van der Waals surface area contributed by atoms with Crippen molar-refractivity contribution in [3.05, 3.63) is 71.9 Å². The number of H-pyrrole nitrogens is 1. The molecule has 1 saturated heterocycles. The normalized spacial score (nSPS) is 14.6. The first kappa shape index (κ1) is 25.8. The summed E-state index contributed by atoms with van der Waals surface area (Å²) >= 11 is 0. The number of nitrogens with zero attached hydrogens (tertiary/aromatic N) is 2. The lowest BCUT2D eigenvalue weighted by molar-refractivity contribution is -0.152. The third-order valence-corrected chi connectivity index (χ3v) is 6.41. The Morgan fingerprint density at radius 1 is 0.946 bits per heavy atom. The zero-order valence-electron chi connectivity index (χ0n) is 20.7. The summed E-state index contributed by atoms with van der Waals surface area (Å²) < 4.78 is 0. The number of rotatable bonds is 11. The van der Waals surface area contributed by atoms with Crippen molar-refractivity contribution >= 4 is 40.2 Å². The number of fused-ring (bicyclic) bond motifs is 1. The van der Waals surface area contributed by atoms with Crippen molar-refractivity contribution < 1.29 is 24.0 Å². The number of carbonyl (C=O) groups is 5. The van der Waals surface area contributed by atoms with Crippen LogP contribution in [0.4, 0.5) is 0 Å². The van der Waals surface area contributed by atoms with Crippen molar-refractivity contribution in [3.8, 4) is 0 Å². The minimum atomic E-state index is -1.07. The number of amides is 3. The van der Waals surface area contributed by atoms with Crippen molar-refractivity contribution in [1.29, 1.82) is 0 Å². The number of aromatic nitrogens is 1. The molecule has 9 heteroatoms. The van der Waals surface area contributed by atoms with Crippen LogP contribution < -0.4 is 5.32 Å². The van der Waals surface area contributed by atoms with E-state index in [1.54, 1.807) is 13.1 Å². The van der Waals surface area contributed by atoms with Crippen LogP contribution >= 0.6 is 0 Å². The third kappa shape index (κ3) is 6.30. The van der Waals surface area contributed by atoms with E-state index < -0.39 is 23.5 Å². The van der Waals surface area contributed by atoms with E-state index in [1.165, 1.54) is 9.80 Å². The molecule has 1 aromatic heterocycles. The quantitative estimate of drug-likeness (QED) is 0.389. The number of nitrogens with one attached hydrogen (secondary N) is 2. The average Bonchev–Trinajstić information content (AvgIpc) is 3.29. The first-order chi connectivity index (χ1) is 17.9. The summed E-state index contributed by atoms with van der Waals surface area (Å²) in [7, 11) is 0. The Morgan fingerprint density at radius 2 is 1.62 bits per heavy atom. The second-order valence-electron chi connectivity index (χ2n) is 9.21. The summed E-state index contributed by atoms with van der Waals surface area (Å²) in [5.41, 5.74) is 2.58. The molecule has 37 heavy (non-hydrogen) atoms. The van der Waals surface area contributed by atoms with Crippen molar-refractivity contribution in [3.63, 3.8) is 0 Å². The Kier molecular flexibility index (Phi) is 8.12. The van der Waals surface area contributed by atoms with E-state index in [1.807, 2.05) is 54.6 Å². The van der Waals surface area contributed by atoms with E-state index >= 15 is 0 Å². The van der Waals surface area contributed by atoms with Crippen LogP contribution in [0.15, 0.2) is 60.8 Å². The fourth-order valence-electron chi connectivity index (χ4n) is 4.48. The van der Waals surface area contributed by atoms with E-state index in [0.717, 1.165) is 22.0 Å². The molecule has 2 N–H and O–H groups in total. The summed E-state index contributed by atoms with van der Waals surface area (Å²) in [4.78, 5) is 69.4. The standard InChI is InChI=1S/C28H30N4O5/c1-2-8-24(33)28(37)23(13-20-14-29-22-12-7-6-11-21(20)22)30-25(34)16-32-18-26(35)31(17-27(32)36)15-19-9-4-3-5-10-19/h3-7,9-12,14,23,29H,2,8,13,15-18H2,1H3,(H,30,34). The zero-order chi connectivity index (χ0) is 26.4. The third-order valence-electron chi connectivity index (χ3n) is 6.41. The SMILES string of the molecule is CCCC(=O)C(=O)C(Cc1c[nH]c2ccccc12)NC(=O)CN1CC(=O)N(Cc2ccccc2)CC1=O. The Labute approximate surface area is 214 Å². The first-order valence-electron chi connectivity index (χ1n) is 12.4. The van der Waals surface area contributed by atoms with Crippen molar-refractivity contribution in [2.24, 2.45) is 0 Å². The van der Waals surface area contributed by atoms with E-state index in [9.17, 15) is 24.0 Å². The lowest BCUT2D eigenvalue weighted by atomic mass is 9.97. The van der Waals surface area contributed by atoms with Crippen LogP contribution in [0.1, 0.15) is 30.9 Å². The number of aromatic amines is 1. The molecule has 1 aliphatic rings. The molecule has 0 saturated carbocycles. The molecule has 3 amide bonds. The molecule has 0 spiro atoms. The lowest BCUT2D eigenvalue weighted by Gasteiger charge is -2.33. The van der Waals surface area contributed by atoms with Crippen LogP contribution in [0.3, 0.4) is 0 Å². The highest BCUT2D eigenvalue weighted by atomic mass is 16.2. The predicted octanol–water partition coefficient (Wildman–Crippen LogP) is 2.00. The fourth-order valence-corrected chi connectivity index (χ4v) is 4.48. The van der Waals surface area contributed by atoms with Gasteiger partial charge in [0.25, 0.3) is 0 Å². The summed E-state index contributed by atoms with van der Waals surface area (Å²) in [6.07, 6.45) is 2.50. The molecule has 192 valence electrons. The minimum Gasteiger partial charge on any atom is -0.361 e. The molecule has 0 radical (unpaired) electrons. The molecule has 0 aliphatic carbocycles. The number of ketones is 2. The van der Waals surface area contributed by atoms with Crippen LogP contribution in [0, 0.1) is 0 Å². The number of benzene rings is 2. The van der Waals surface area contributed by atoms with Gasteiger partial charge < -0.3 is 20.1 Å². The summed E-state index contributed by atoms with van der Waals surface area (Å²) in [6, 6.07) is 15.8. The van der Waals surface area contributed by atoms with Gasteiger partial charge in [-0.15, -0.1) is 0 Å². The Balaban J connectivity index is 1.42. The van der Waals surface area contributed by atoms with Crippen LogP contribution in [0.5, 0.6) is 0 Å². The van der Waals surface area contributed by atoms with Gasteiger partial charge in [-0.05, 0) is 23.6 Å². The molecule has 4 rings (SSSR count). The number of piperazine rings is 1. The number of para-hydroxylation sites is 1. The highest BCUT2D eigenvalue weighted by molar-refractivity contribution is 6.39. The van der Waals surface area contributed by atoms with Crippen molar-refractivity contribution in [2.45, 2.75) is 38.8 Å². The second-order valence-corrected chi connectivity index (χ2v) is 9.21. The highest BCUT2D eigenvalue weighted by Gasteiger charge is 2.33. The van der Waals surface area contributed by atoms with Gasteiger partial charge in [0.05, 0.1) is 6.04 Å². The number of hydrogen-bond acceptors (Lipinski definition) is 5. The molecule has 2 aromatic carbocycles. The molecule has 1 atom stereocenters. The van der Waals surface area contributed by atoms with E-state index in [-0.39, 0.29) is 44.3 Å². The van der Waals surface area contributed by atoms with Gasteiger partial charge in [-0.1, -0.05) is 55.5 Å². The topological polar surface area (TPSA) is 120 Å². The van der Waals surface area contributed by atoms with Gasteiger partial charge in [-0.3, -0.25) is 24.0 Å². The Bertz CT molecular complexity index is 1320. The van der Waals surface area contributed by atoms with Gasteiger partial charge in [0, 0.05) is 36.5 Å². The van der Waals surface area contributed by atoms with E-state index in [2.05, 4.69) is 10.3 Å². The molecule has 1 unspecified atom stereocenters. The second kappa shape index (κ2) is 11.6. The smallest absolute Gasteiger partial charge is 0.243 e. The van der Waals surface area contributed by atoms with Gasteiger partial charge in [-0.25, -0.2) is 0 Å². The summed E-state index contributed by atoms with van der Waals surface area (Å²) in [5, 5.41) is 3.55. The minimum absolute atomic E-state index is 0.0927. The molecule has 0 bridgehead atoms. The maximum Gasteiger partial charge on any atom is 0.243 e. The van der Waals surface area contributed by atoms with Crippen LogP contribution in [0.25, 0.3) is 10.9 Å². The summed E-state index contributed by atoms with van der Waals surface area (Å²) in [5.74, 6) is -2.43. The zero-order valence-corrected chi connectivity index (χ0v) is 20.7. The molecular formula is C28H30N4O5. The molecular weight excluding hydrogens is 472 g/mol. The highest BCUT2D eigenvalue weighted by Crippen LogP contribution is 2.20. The molecule has 3 aromatic rings. The first-order valence-corrected chi connectivity index (χ1v) is 12.4. The van der Waals surface area contributed by atoms with Crippen molar-refractivity contribution in [2.75, 3.05) is 19.6 Å². The Morgan fingerprint density at radius 3 is 2.38 bits per heavy atom. The number of carbonyl (C=O) groups excluding carboxylic acids is 5. The van der Waals surface area contributed by atoms with Crippen LogP contribution in [-0.4, -0.2) is 69.7 Å². The average molecular weight is 503 g/mol. The maximum atomic E-state index is 12.9. The van der Waals surface area contributed by atoms with Gasteiger partial charge in [-0.2, -0.15) is 0 Å². The molecule has 1 fully saturated rings. The maximum absolute atomic E-state index is 12.9. The molecule has 9 nitrogen and oxygen atoms in total. The monoisotopic (exact) mass is 502 g/mol. The van der Waals surface area contributed by atoms with Gasteiger partial charge in [0.1, 0.15) is 19.6 Å². The van der Waals surface area contributed by atoms with E-state index in [0.29, 0.717) is 13.0 Å². The predicted molar refractivity (Wildman–Crippen MR) is 137 cm³/mol. The Hall–Kier alpha value is -4.27. The van der Waals surface area contributed by atoms with Crippen LogP contribution in [0.2, 0.25) is 0 Å². The lowest BCUT2D eigenvalue weighted by Crippen LogP contribution is -2.56. The van der Waals surface area contributed by atoms with Gasteiger partial charge >= 0.3 is 0 Å². The van der Waals surface area contributed by atoms with E-state index in [4.69, 9.17) is 0 Å². The largest absolute Gasteiger partial charge is 0.361 e.